The van der Waals surface area contributed by atoms with Gasteiger partial charge in [-0.05, 0) is 54.5 Å². The zero-order chi connectivity index (χ0) is 24.0. The number of rotatable bonds is 6. The average Bonchev–Trinajstić information content (AvgIpc) is 3.47. The minimum absolute atomic E-state index is 0.120. The van der Waals surface area contributed by atoms with Crippen LogP contribution in [0.4, 0.5) is 5.69 Å². The first-order valence-electron chi connectivity index (χ1n) is 10.9. The van der Waals surface area contributed by atoms with Crippen molar-refractivity contribution >= 4 is 52.8 Å². The Balaban J connectivity index is 1.24. The Kier molecular flexibility index (Phi) is 5.91. The number of allylic oxidation sites excluding steroid dienone is 2. The fourth-order valence-electron chi connectivity index (χ4n) is 4.95. The van der Waals surface area contributed by atoms with Gasteiger partial charge in [0.15, 0.2) is 12.4 Å². The molecular formula is C25H21Cl2N3O4. The summed E-state index contributed by atoms with van der Waals surface area (Å²) >= 11 is 12.6. The van der Waals surface area contributed by atoms with E-state index in [2.05, 4.69) is 10.4 Å². The summed E-state index contributed by atoms with van der Waals surface area (Å²) in [6.07, 6.45) is 6.30. The SMILES string of the molecule is Cc1ccccc1NC(=O)COc1c(Cl)cc(C=NN2C(=O)C3C4C=CC(C4)C3C2=O)cc1Cl. The second kappa shape index (κ2) is 8.89. The van der Waals surface area contributed by atoms with Gasteiger partial charge in [0, 0.05) is 5.69 Å². The van der Waals surface area contributed by atoms with Gasteiger partial charge in [-0.15, -0.1) is 0 Å². The van der Waals surface area contributed by atoms with Gasteiger partial charge in [-0.1, -0.05) is 53.6 Å². The number of aryl methyl sites for hydroxylation is 1. The van der Waals surface area contributed by atoms with Gasteiger partial charge in [0.05, 0.1) is 28.1 Å². The molecule has 1 saturated carbocycles. The minimum Gasteiger partial charge on any atom is -0.481 e. The number of ether oxygens (including phenoxy) is 1. The number of hydrogen-bond donors (Lipinski definition) is 1. The van der Waals surface area contributed by atoms with Crippen molar-refractivity contribution in [1.29, 1.82) is 0 Å². The van der Waals surface area contributed by atoms with Crippen LogP contribution in [0.1, 0.15) is 17.5 Å². The standard InChI is InChI=1S/C25H21Cl2N3O4/c1-13-4-2-3-5-19(13)29-20(31)12-34-23-17(26)8-14(9-18(23)27)11-28-30-24(32)21-15-6-7-16(10-15)22(21)25(30)33/h2-9,11,15-16,21-22H,10,12H2,1H3,(H,29,31). The number of hydrazone groups is 1. The van der Waals surface area contributed by atoms with E-state index >= 15 is 0 Å². The van der Waals surface area contributed by atoms with Crippen molar-refractivity contribution < 1.29 is 19.1 Å². The van der Waals surface area contributed by atoms with E-state index in [1.165, 1.54) is 6.21 Å². The average molecular weight is 498 g/mol. The van der Waals surface area contributed by atoms with E-state index in [0.29, 0.717) is 11.3 Å². The lowest BCUT2D eigenvalue weighted by atomic mass is 9.85. The summed E-state index contributed by atoms with van der Waals surface area (Å²) in [6.45, 7) is 1.61. The lowest BCUT2D eigenvalue weighted by Gasteiger charge is -2.13. The number of halogens is 2. The monoisotopic (exact) mass is 497 g/mol. The van der Waals surface area contributed by atoms with Gasteiger partial charge in [-0.3, -0.25) is 14.4 Å². The molecule has 3 aliphatic rings. The van der Waals surface area contributed by atoms with E-state index in [-0.39, 0.29) is 63.8 Å². The molecule has 2 bridgehead atoms. The molecule has 7 nitrogen and oxygen atoms in total. The normalized spacial score (nSPS) is 24.9. The topological polar surface area (TPSA) is 88.1 Å². The Bertz CT molecular complexity index is 1210. The van der Waals surface area contributed by atoms with Gasteiger partial charge in [-0.25, -0.2) is 0 Å². The zero-order valence-electron chi connectivity index (χ0n) is 18.2. The zero-order valence-corrected chi connectivity index (χ0v) is 19.7. The van der Waals surface area contributed by atoms with Crippen molar-refractivity contribution in [1.82, 2.24) is 5.01 Å². The number of para-hydroxylation sites is 1. The molecule has 1 heterocycles. The number of nitrogens with one attached hydrogen (secondary N) is 1. The maximum atomic E-state index is 12.7. The third kappa shape index (κ3) is 3.99. The van der Waals surface area contributed by atoms with Crippen LogP contribution in [0.3, 0.4) is 0 Å². The molecule has 0 aromatic heterocycles. The summed E-state index contributed by atoms with van der Waals surface area (Å²) in [5, 5.41) is 8.22. The summed E-state index contributed by atoms with van der Waals surface area (Å²) in [5.41, 5.74) is 2.11. The predicted molar refractivity (Wildman–Crippen MR) is 129 cm³/mol. The molecule has 1 aliphatic heterocycles. The quantitative estimate of drug-likeness (QED) is 0.362. The van der Waals surface area contributed by atoms with E-state index in [1.54, 1.807) is 18.2 Å². The van der Waals surface area contributed by atoms with Crippen molar-refractivity contribution in [2.75, 3.05) is 11.9 Å². The first kappa shape index (κ1) is 22.6. The molecule has 1 saturated heterocycles. The molecule has 4 unspecified atom stereocenters. The number of imide groups is 1. The second-order valence-electron chi connectivity index (χ2n) is 8.70. The van der Waals surface area contributed by atoms with Crippen LogP contribution in [0, 0.1) is 30.6 Å². The van der Waals surface area contributed by atoms with Crippen LogP contribution in [-0.2, 0) is 14.4 Å². The Morgan fingerprint density at radius 2 is 1.74 bits per heavy atom. The highest BCUT2D eigenvalue weighted by atomic mass is 35.5. The van der Waals surface area contributed by atoms with Crippen LogP contribution in [0.2, 0.25) is 10.0 Å². The molecule has 2 fully saturated rings. The number of carbonyl (C=O) groups is 3. The largest absolute Gasteiger partial charge is 0.481 e. The Morgan fingerprint density at radius 3 is 2.35 bits per heavy atom. The molecule has 34 heavy (non-hydrogen) atoms. The number of benzene rings is 2. The van der Waals surface area contributed by atoms with Crippen molar-refractivity contribution in [2.24, 2.45) is 28.8 Å². The number of fused-ring (bicyclic) bond motifs is 5. The number of anilines is 1. The third-order valence-electron chi connectivity index (χ3n) is 6.56. The fraction of sp³-hybridized carbons (Fsp3) is 0.280. The smallest absolute Gasteiger partial charge is 0.262 e. The molecule has 2 aromatic carbocycles. The molecular weight excluding hydrogens is 477 g/mol. The van der Waals surface area contributed by atoms with Gasteiger partial charge in [0.1, 0.15) is 0 Å². The first-order valence-corrected chi connectivity index (χ1v) is 11.7. The first-order chi connectivity index (χ1) is 16.3. The van der Waals surface area contributed by atoms with E-state index < -0.39 is 0 Å². The van der Waals surface area contributed by atoms with Gasteiger partial charge in [0.2, 0.25) is 0 Å². The second-order valence-corrected chi connectivity index (χ2v) is 9.51. The van der Waals surface area contributed by atoms with Gasteiger partial charge in [0.25, 0.3) is 17.7 Å². The summed E-state index contributed by atoms with van der Waals surface area (Å²) in [6, 6.07) is 10.5. The van der Waals surface area contributed by atoms with Crippen LogP contribution in [0.15, 0.2) is 53.7 Å². The summed E-state index contributed by atoms with van der Waals surface area (Å²) in [4.78, 5) is 37.7. The number of nitrogens with zero attached hydrogens (tertiary/aromatic N) is 2. The molecule has 4 atom stereocenters. The summed E-state index contributed by atoms with van der Waals surface area (Å²) < 4.78 is 5.54. The van der Waals surface area contributed by atoms with Crippen molar-refractivity contribution in [3.05, 3.63) is 69.7 Å². The molecule has 3 amide bonds. The highest BCUT2D eigenvalue weighted by molar-refractivity contribution is 6.37. The highest BCUT2D eigenvalue weighted by Crippen LogP contribution is 2.52. The lowest BCUT2D eigenvalue weighted by Crippen LogP contribution is -2.28. The van der Waals surface area contributed by atoms with Crippen molar-refractivity contribution in [3.8, 4) is 5.75 Å². The van der Waals surface area contributed by atoms with Crippen LogP contribution >= 0.6 is 23.2 Å². The fourth-order valence-corrected chi connectivity index (χ4v) is 5.57. The molecule has 0 radical (unpaired) electrons. The Hall–Kier alpha value is -3.16. The number of hydrogen-bond acceptors (Lipinski definition) is 5. The van der Waals surface area contributed by atoms with E-state index in [4.69, 9.17) is 27.9 Å². The highest BCUT2D eigenvalue weighted by Gasteiger charge is 2.59. The number of carbonyl (C=O) groups excluding carboxylic acids is 3. The lowest BCUT2D eigenvalue weighted by molar-refractivity contribution is -0.140. The molecule has 0 spiro atoms. The molecule has 1 N–H and O–H groups in total. The van der Waals surface area contributed by atoms with Crippen LogP contribution < -0.4 is 10.1 Å². The van der Waals surface area contributed by atoms with Crippen molar-refractivity contribution in [2.45, 2.75) is 13.3 Å². The molecule has 5 rings (SSSR count). The van der Waals surface area contributed by atoms with Gasteiger partial charge in [-0.2, -0.15) is 10.1 Å². The third-order valence-corrected chi connectivity index (χ3v) is 7.12. The minimum atomic E-state index is -0.355. The predicted octanol–water partition coefficient (Wildman–Crippen LogP) is 4.46. The Morgan fingerprint density at radius 1 is 1.12 bits per heavy atom. The molecule has 9 heteroatoms. The summed E-state index contributed by atoms with van der Waals surface area (Å²) in [5.74, 6) is -1.11. The van der Waals surface area contributed by atoms with E-state index in [9.17, 15) is 14.4 Å². The maximum Gasteiger partial charge on any atom is 0.262 e. The molecule has 174 valence electrons. The van der Waals surface area contributed by atoms with Crippen LogP contribution in [-0.4, -0.2) is 35.6 Å². The molecule has 2 aromatic rings. The van der Waals surface area contributed by atoms with E-state index in [1.807, 2.05) is 37.3 Å². The van der Waals surface area contributed by atoms with Gasteiger partial charge < -0.3 is 10.1 Å². The van der Waals surface area contributed by atoms with Gasteiger partial charge >= 0.3 is 0 Å². The van der Waals surface area contributed by atoms with Crippen LogP contribution in [0.25, 0.3) is 0 Å². The van der Waals surface area contributed by atoms with E-state index in [0.717, 1.165) is 17.0 Å². The maximum absolute atomic E-state index is 12.7. The van der Waals surface area contributed by atoms with Crippen LogP contribution in [0.5, 0.6) is 5.75 Å². The molecule has 2 aliphatic carbocycles. The Labute approximate surface area is 206 Å². The summed E-state index contributed by atoms with van der Waals surface area (Å²) in [7, 11) is 0. The van der Waals surface area contributed by atoms with Crippen molar-refractivity contribution in [3.63, 3.8) is 0 Å². The number of amides is 3.